The minimum Gasteiger partial charge on any atom is -0.336 e. The number of carbonyl (C=O) groups excluding carboxylic acids is 1. The molecule has 1 unspecified atom stereocenters. The van der Waals surface area contributed by atoms with E-state index in [1.165, 1.54) is 12.8 Å². The van der Waals surface area contributed by atoms with Crippen LogP contribution in [0, 0.1) is 0 Å². The van der Waals surface area contributed by atoms with Crippen LogP contribution >= 0.6 is 12.4 Å². The lowest BCUT2D eigenvalue weighted by molar-refractivity contribution is 0.0764. The molecular formula is C21H28ClN5O. The normalized spacial score (nSPS) is 22.9. The predicted molar refractivity (Wildman–Crippen MR) is 112 cm³/mol. The molecular weight excluding hydrogens is 374 g/mol. The molecule has 3 aliphatic rings. The van der Waals surface area contributed by atoms with Crippen LogP contribution in [0.2, 0.25) is 0 Å². The van der Waals surface area contributed by atoms with Crippen molar-refractivity contribution in [2.24, 2.45) is 0 Å². The standard InChI is InChI=1S/C21H27N5O.ClH/c27-21(25-11-8-18(15-25)24-12-9-22-10-13-24)20-14-19(16-6-7-16)23-26(20)17-4-2-1-3-5-17;/h1-5,14,16,18,22H,6-13,15H2;1H. The fraction of sp³-hybridized carbons (Fsp3) is 0.524. The molecule has 7 heteroatoms. The van der Waals surface area contributed by atoms with Gasteiger partial charge in [-0.1, -0.05) is 18.2 Å². The highest BCUT2D eigenvalue weighted by Gasteiger charge is 2.34. The SMILES string of the molecule is Cl.O=C(c1cc(C2CC2)nn1-c1ccccc1)N1CCC(N2CCNCC2)C1. The zero-order valence-corrected chi connectivity index (χ0v) is 16.9. The van der Waals surface area contributed by atoms with Gasteiger partial charge in [0.15, 0.2) is 0 Å². The van der Waals surface area contributed by atoms with Gasteiger partial charge in [-0.2, -0.15) is 5.10 Å². The van der Waals surface area contributed by atoms with E-state index in [0.717, 1.165) is 57.1 Å². The Hall–Kier alpha value is -1.89. The summed E-state index contributed by atoms with van der Waals surface area (Å²) in [4.78, 5) is 17.9. The second kappa shape index (κ2) is 8.23. The average molecular weight is 402 g/mol. The highest BCUT2D eigenvalue weighted by atomic mass is 35.5. The van der Waals surface area contributed by atoms with Crippen LogP contribution in [0.15, 0.2) is 36.4 Å². The van der Waals surface area contributed by atoms with E-state index >= 15 is 0 Å². The number of nitrogens with zero attached hydrogens (tertiary/aromatic N) is 4. The minimum atomic E-state index is 0. The first-order valence-corrected chi connectivity index (χ1v) is 10.2. The van der Waals surface area contributed by atoms with Gasteiger partial charge in [0, 0.05) is 51.2 Å². The highest BCUT2D eigenvalue weighted by Crippen LogP contribution is 2.40. The van der Waals surface area contributed by atoms with Gasteiger partial charge >= 0.3 is 0 Å². The maximum Gasteiger partial charge on any atom is 0.272 e. The number of aromatic nitrogens is 2. The van der Waals surface area contributed by atoms with Gasteiger partial charge < -0.3 is 10.2 Å². The lowest BCUT2D eigenvalue weighted by atomic mass is 10.2. The van der Waals surface area contributed by atoms with Crippen molar-refractivity contribution < 1.29 is 4.79 Å². The average Bonchev–Trinajstić information content (AvgIpc) is 3.29. The molecule has 2 aliphatic heterocycles. The van der Waals surface area contributed by atoms with Gasteiger partial charge in [-0.25, -0.2) is 4.68 Å². The smallest absolute Gasteiger partial charge is 0.272 e. The lowest BCUT2D eigenvalue weighted by Crippen LogP contribution is -2.49. The largest absolute Gasteiger partial charge is 0.336 e. The molecule has 2 aromatic rings. The van der Waals surface area contributed by atoms with Crippen molar-refractivity contribution in [1.82, 2.24) is 24.9 Å². The number of hydrogen-bond acceptors (Lipinski definition) is 4. The number of piperazine rings is 1. The van der Waals surface area contributed by atoms with E-state index in [4.69, 9.17) is 5.10 Å². The Morgan fingerprint density at radius 3 is 2.50 bits per heavy atom. The molecule has 1 aromatic carbocycles. The van der Waals surface area contributed by atoms with Crippen molar-refractivity contribution in [1.29, 1.82) is 0 Å². The number of halogens is 1. The first kappa shape index (κ1) is 19.4. The van der Waals surface area contributed by atoms with Crippen LogP contribution < -0.4 is 5.32 Å². The van der Waals surface area contributed by atoms with E-state index in [9.17, 15) is 4.79 Å². The van der Waals surface area contributed by atoms with Crippen molar-refractivity contribution in [3.63, 3.8) is 0 Å². The molecule has 5 rings (SSSR count). The maximum absolute atomic E-state index is 13.4. The zero-order valence-electron chi connectivity index (χ0n) is 16.1. The minimum absolute atomic E-state index is 0. The zero-order chi connectivity index (χ0) is 18.2. The molecule has 1 N–H and O–H groups in total. The Morgan fingerprint density at radius 1 is 1.04 bits per heavy atom. The van der Waals surface area contributed by atoms with E-state index in [1.54, 1.807) is 0 Å². The van der Waals surface area contributed by atoms with Gasteiger partial charge in [-0.3, -0.25) is 9.69 Å². The first-order chi connectivity index (χ1) is 13.3. The Labute approximate surface area is 172 Å². The summed E-state index contributed by atoms with van der Waals surface area (Å²) in [6, 6.07) is 12.6. The monoisotopic (exact) mass is 401 g/mol. The van der Waals surface area contributed by atoms with Gasteiger partial charge in [-0.05, 0) is 37.5 Å². The molecule has 150 valence electrons. The Bertz CT molecular complexity index is 813. The summed E-state index contributed by atoms with van der Waals surface area (Å²) >= 11 is 0. The third kappa shape index (κ3) is 3.81. The van der Waals surface area contributed by atoms with Crippen molar-refractivity contribution in [3.8, 4) is 5.69 Å². The molecule has 2 saturated heterocycles. The molecule has 6 nitrogen and oxygen atoms in total. The van der Waals surface area contributed by atoms with Crippen LogP contribution in [-0.4, -0.2) is 70.8 Å². The summed E-state index contributed by atoms with van der Waals surface area (Å²) in [5.74, 6) is 0.657. The molecule has 0 bridgehead atoms. The maximum atomic E-state index is 13.4. The molecule has 1 saturated carbocycles. The lowest BCUT2D eigenvalue weighted by Gasteiger charge is -2.32. The van der Waals surface area contributed by atoms with Crippen molar-refractivity contribution >= 4 is 18.3 Å². The summed E-state index contributed by atoms with van der Waals surface area (Å²) in [7, 11) is 0. The molecule has 1 aliphatic carbocycles. The molecule has 0 radical (unpaired) electrons. The third-order valence-electron chi connectivity index (χ3n) is 6.06. The Morgan fingerprint density at radius 2 is 1.79 bits per heavy atom. The van der Waals surface area contributed by atoms with Crippen molar-refractivity contribution in [3.05, 3.63) is 47.8 Å². The summed E-state index contributed by atoms with van der Waals surface area (Å²) < 4.78 is 1.86. The second-order valence-electron chi connectivity index (χ2n) is 7.96. The predicted octanol–water partition coefficient (Wildman–Crippen LogP) is 2.29. The molecule has 0 spiro atoms. The summed E-state index contributed by atoms with van der Waals surface area (Å²) in [5.41, 5.74) is 2.75. The number of amides is 1. The van der Waals surface area contributed by atoms with Crippen LogP contribution in [0.25, 0.3) is 5.69 Å². The number of para-hydroxylation sites is 1. The second-order valence-corrected chi connectivity index (χ2v) is 7.96. The quantitative estimate of drug-likeness (QED) is 0.854. The molecule has 3 heterocycles. The summed E-state index contributed by atoms with van der Waals surface area (Å²) in [6.45, 7) is 5.94. The van der Waals surface area contributed by atoms with Crippen LogP contribution in [0.3, 0.4) is 0 Å². The van der Waals surface area contributed by atoms with E-state index in [1.807, 2.05) is 46.0 Å². The number of likely N-dealkylation sites (tertiary alicyclic amines) is 1. The fourth-order valence-electron chi connectivity index (χ4n) is 4.33. The van der Waals surface area contributed by atoms with E-state index < -0.39 is 0 Å². The van der Waals surface area contributed by atoms with E-state index in [2.05, 4.69) is 10.2 Å². The highest BCUT2D eigenvalue weighted by molar-refractivity contribution is 5.93. The van der Waals surface area contributed by atoms with Gasteiger partial charge in [0.25, 0.3) is 5.91 Å². The van der Waals surface area contributed by atoms with Gasteiger partial charge in [0.2, 0.25) is 0 Å². The van der Waals surface area contributed by atoms with Crippen LogP contribution in [-0.2, 0) is 0 Å². The van der Waals surface area contributed by atoms with Crippen molar-refractivity contribution in [2.75, 3.05) is 39.3 Å². The molecule has 1 amide bonds. The first-order valence-electron chi connectivity index (χ1n) is 10.2. The number of nitrogens with one attached hydrogen (secondary N) is 1. The molecule has 1 aromatic heterocycles. The van der Waals surface area contributed by atoms with Gasteiger partial charge in [-0.15, -0.1) is 12.4 Å². The van der Waals surface area contributed by atoms with Gasteiger partial charge in [0.1, 0.15) is 5.69 Å². The topological polar surface area (TPSA) is 53.4 Å². The summed E-state index contributed by atoms with van der Waals surface area (Å²) in [5, 5.41) is 8.20. The number of hydrogen-bond donors (Lipinski definition) is 1. The van der Waals surface area contributed by atoms with Crippen molar-refractivity contribution in [2.45, 2.75) is 31.2 Å². The van der Waals surface area contributed by atoms with Crippen LogP contribution in [0.5, 0.6) is 0 Å². The number of carbonyl (C=O) groups is 1. The van der Waals surface area contributed by atoms with E-state index in [0.29, 0.717) is 17.7 Å². The van der Waals surface area contributed by atoms with Crippen LogP contribution in [0.1, 0.15) is 41.4 Å². The number of benzene rings is 1. The van der Waals surface area contributed by atoms with E-state index in [-0.39, 0.29) is 18.3 Å². The molecule has 28 heavy (non-hydrogen) atoms. The van der Waals surface area contributed by atoms with Gasteiger partial charge in [0.05, 0.1) is 11.4 Å². The number of rotatable bonds is 4. The van der Waals surface area contributed by atoms with Crippen LogP contribution in [0.4, 0.5) is 0 Å². The molecule has 1 atom stereocenters. The third-order valence-corrected chi connectivity index (χ3v) is 6.06. The summed E-state index contributed by atoms with van der Waals surface area (Å²) in [6.07, 6.45) is 3.45. The Kier molecular flexibility index (Phi) is 5.71. The fourth-order valence-corrected chi connectivity index (χ4v) is 4.33. The Balaban J connectivity index is 0.00000192. The molecule has 3 fully saturated rings.